The Hall–Kier alpha value is -5.09. The van der Waals surface area contributed by atoms with Crippen LogP contribution in [0.4, 0.5) is 0 Å². The number of nitrogens with one attached hydrogen (secondary N) is 2. The first-order chi connectivity index (χ1) is 28.8. The highest BCUT2D eigenvalue weighted by atomic mass is 32.2. The van der Waals surface area contributed by atoms with Gasteiger partial charge in [0, 0.05) is 43.1 Å². The highest BCUT2D eigenvalue weighted by Gasteiger charge is 2.63. The van der Waals surface area contributed by atoms with Crippen LogP contribution in [0.2, 0.25) is 0 Å². The number of amides is 2. The fraction of sp³-hybridized carbons (Fsp3) is 0.467. The van der Waals surface area contributed by atoms with Crippen LogP contribution >= 0.6 is 0 Å². The van der Waals surface area contributed by atoms with Gasteiger partial charge in [0.05, 0.1) is 35.9 Å². The highest BCUT2D eigenvalue weighted by molar-refractivity contribution is 7.91. The Morgan fingerprint density at radius 2 is 1.77 bits per heavy atom. The van der Waals surface area contributed by atoms with Crippen LogP contribution in [-0.2, 0) is 26.2 Å². The third-order valence-corrected chi connectivity index (χ3v) is 14.8. The van der Waals surface area contributed by atoms with Crippen LogP contribution < -0.4 is 24.2 Å². The number of fused-ring (bicyclic) bond motifs is 3. The van der Waals surface area contributed by atoms with Gasteiger partial charge in [-0.15, -0.1) is 0 Å². The van der Waals surface area contributed by atoms with Crippen LogP contribution in [0.25, 0.3) is 22.3 Å². The first kappa shape index (κ1) is 41.6. The first-order valence-corrected chi connectivity index (χ1v) is 22.3. The number of aryl methyl sites for hydroxylation is 1. The number of hydrogen-bond acceptors (Lipinski definition) is 12. The third kappa shape index (κ3) is 8.32. The van der Waals surface area contributed by atoms with Gasteiger partial charge in [0.15, 0.2) is 12.2 Å². The molecular formula is C45H54N6O8S. The molecule has 1 unspecified atom stereocenters. The van der Waals surface area contributed by atoms with Crippen molar-refractivity contribution in [3.63, 3.8) is 0 Å². The van der Waals surface area contributed by atoms with Gasteiger partial charge in [-0.05, 0) is 82.2 Å². The van der Waals surface area contributed by atoms with Crippen LogP contribution in [0, 0.1) is 12.8 Å². The lowest BCUT2D eigenvalue weighted by molar-refractivity contribution is -0.147. The fourth-order valence-corrected chi connectivity index (χ4v) is 9.73. The maximum Gasteiger partial charge on any atom is 0.259 e. The van der Waals surface area contributed by atoms with Gasteiger partial charge in [0.25, 0.3) is 5.91 Å². The second kappa shape index (κ2) is 16.8. The zero-order chi connectivity index (χ0) is 42.2. The molecule has 2 aliphatic carbocycles. The van der Waals surface area contributed by atoms with Crippen molar-refractivity contribution in [3.05, 3.63) is 90.0 Å². The fourth-order valence-electron chi connectivity index (χ4n) is 8.42. The van der Waals surface area contributed by atoms with Crippen molar-refractivity contribution >= 4 is 32.7 Å². The minimum atomic E-state index is -3.97. The number of hydrogen-bond donors (Lipinski definition) is 3. The molecule has 14 nitrogen and oxygen atoms in total. The number of ether oxygens (including phenoxy) is 3. The number of aliphatic hydroxyl groups is 1. The second-order valence-electron chi connectivity index (χ2n) is 16.8. The largest absolute Gasteiger partial charge is 0.497 e. The van der Waals surface area contributed by atoms with Crippen molar-refractivity contribution in [2.24, 2.45) is 5.92 Å². The van der Waals surface area contributed by atoms with Crippen LogP contribution in [-0.4, -0.2) is 101 Å². The molecule has 0 radical (unpaired) electrons. The summed E-state index contributed by atoms with van der Waals surface area (Å²) in [6.45, 7) is 4.65. The molecule has 0 spiro atoms. The predicted octanol–water partition coefficient (Wildman–Crippen LogP) is 5.23. The van der Waals surface area contributed by atoms with E-state index in [4.69, 9.17) is 24.2 Å². The molecule has 3 fully saturated rings. The number of benzene rings is 3. The number of aromatic nitrogens is 2. The average molecular weight is 839 g/mol. The predicted molar refractivity (Wildman–Crippen MR) is 226 cm³/mol. The molecule has 60 heavy (non-hydrogen) atoms. The van der Waals surface area contributed by atoms with Crippen LogP contribution in [0.15, 0.2) is 78.9 Å². The van der Waals surface area contributed by atoms with Gasteiger partial charge in [-0.1, -0.05) is 61.0 Å². The standard InChI is InChI=1S/C45H54N6O8S/c1-29-37(58-4)21-20-35-38(29)46-39(31-13-9-8-10-14-31)47-41(35)59-34-25-36-40(52)48-45(42(53)49-60(55,56)44(2)22-23-44)26-32(45)15-11-6-5-7-12-24-50(43(54)51(36)28-34)27-30-16-18-33(57-3)19-17-30/h8-11,13-21,32,34,36,43,54H,5-7,12,22-28H2,1-4H3,(H,48,52)(H,49,53)/b15-11-/t32-,34-,36+,43?,45-/m1/s1. The number of sulfonamides is 1. The van der Waals surface area contributed by atoms with E-state index in [0.29, 0.717) is 54.3 Å². The monoisotopic (exact) mass is 838 g/mol. The average Bonchev–Trinajstić information content (AvgIpc) is 4.13. The molecule has 2 saturated carbocycles. The maximum absolute atomic E-state index is 14.8. The van der Waals surface area contributed by atoms with E-state index in [9.17, 15) is 23.1 Å². The van der Waals surface area contributed by atoms with Crippen LogP contribution in [0.5, 0.6) is 17.4 Å². The smallest absolute Gasteiger partial charge is 0.259 e. The lowest BCUT2D eigenvalue weighted by Crippen LogP contribution is -2.59. The lowest BCUT2D eigenvalue weighted by Gasteiger charge is -2.37. The molecule has 2 amide bonds. The van der Waals surface area contributed by atoms with Gasteiger partial charge in [0.1, 0.15) is 23.1 Å². The van der Waals surface area contributed by atoms with Gasteiger partial charge >= 0.3 is 0 Å². The summed E-state index contributed by atoms with van der Waals surface area (Å²) in [6, 6.07) is 20.0. The van der Waals surface area contributed by atoms with E-state index < -0.39 is 56.5 Å². The number of carbonyl (C=O) groups excluding carboxylic acids is 2. The number of aliphatic hydroxyl groups excluding tert-OH is 1. The Balaban J connectivity index is 1.15. The van der Waals surface area contributed by atoms with Crippen molar-refractivity contribution in [2.75, 3.05) is 27.3 Å². The Morgan fingerprint density at radius 1 is 1.00 bits per heavy atom. The summed E-state index contributed by atoms with van der Waals surface area (Å²) in [7, 11) is -0.746. The molecule has 2 aliphatic heterocycles. The molecule has 3 aromatic carbocycles. The quantitative estimate of drug-likeness (QED) is 0.178. The minimum Gasteiger partial charge on any atom is -0.497 e. The molecule has 5 atom stereocenters. The Kier molecular flexibility index (Phi) is 11.6. The molecule has 15 heteroatoms. The van der Waals surface area contributed by atoms with Gasteiger partial charge in [-0.3, -0.25) is 19.2 Å². The van der Waals surface area contributed by atoms with Crippen molar-refractivity contribution in [3.8, 4) is 28.8 Å². The van der Waals surface area contributed by atoms with Gasteiger partial charge in [0.2, 0.25) is 21.8 Å². The summed E-state index contributed by atoms with van der Waals surface area (Å²) in [4.78, 5) is 42.3. The topological polar surface area (TPSA) is 173 Å². The van der Waals surface area contributed by atoms with Gasteiger partial charge < -0.3 is 24.6 Å². The Bertz CT molecular complexity index is 2370. The maximum atomic E-state index is 14.8. The van der Waals surface area contributed by atoms with Crippen LogP contribution in [0.3, 0.4) is 0 Å². The number of nitrogens with zero attached hydrogens (tertiary/aromatic N) is 4. The van der Waals surface area contributed by atoms with E-state index in [0.717, 1.165) is 48.1 Å². The first-order valence-electron chi connectivity index (χ1n) is 20.8. The summed E-state index contributed by atoms with van der Waals surface area (Å²) >= 11 is 0. The third-order valence-electron chi connectivity index (χ3n) is 12.6. The molecule has 3 heterocycles. The molecule has 4 aromatic rings. The minimum absolute atomic E-state index is 0.148. The zero-order valence-electron chi connectivity index (χ0n) is 34.6. The van der Waals surface area contributed by atoms with E-state index in [1.165, 1.54) is 0 Å². The number of carbonyl (C=O) groups is 2. The van der Waals surface area contributed by atoms with E-state index in [1.807, 2.05) is 90.7 Å². The summed E-state index contributed by atoms with van der Waals surface area (Å²) in [6.07, 6.45) is 6.77. The van der Waals surface area contributed by atoms with Crippen molar-refractivity contribution in [1.29, 1.82) is 0 Å². The number of allylic oxidation sites excluding steroid dienone is 1. The molecule has 318 valence electrons. The summed E-state index contributed by atoms with van der Waals surface area (Å²) in [5.41, 5.74) is 1.76. The second-order valence-corrected chi connectivity index (χ2v) is 19.0. The lowest BCUT2D eigenvalue weighted by atomic mass is 10.1. The van der Waals surface area contributed by atoms with E-state index in [-0.39, 0.29) is 19.4 Å². The summed E-state index contributed by atoms with van der Waals surface area (Å²) in [5.74, 6) is 0.534. The van der Waals surface area contributed by atoms with Crippen LogP contribution in [0.1, 0.15) is 69.4 Å². The zero-order valence-corrected chi connectivity index (χ0v) is 35.4. The molecular weight excluding hydrogens is 785 g/mol. The number of methoxy groups -OCH3 is 2. The normalized spacial score (nSPS) is 26.4. The molecule has 3 N–H and O–H groups in total. The summed E-state index contributed by atoms with van der Waals surface area (Å²) in [5, 5.41) is 16.1. The van der Waals surface area contributed by atoms with E-state index >= 15 is 0 Å². The highest BCUT2D eigenvalue weighted by Crippen LogP contribution is 2.48. The Morgan fingerprint density at radius 3 is 2.48 bits per heavy atom. The van der Waals surface area contributed by atoms with Gasteiger partial charge in [-0.2, -0.15) is 4.98 Å². The molecule has 1 saturated heterocycles. The van der Waals surface area contributed by atoms with Crippen molar-refractivity contribution in [1.82, 2.24) is 29.8 Å². The summed E-state index contributed by atoms with van der Waals surface area (Å²) < 4.78 is 45.7. The molecule has 0 bridgehead atoms. The molecule has 4 aliphatic rings. The molecule has 8 rings (SSSR count). The Labute approximate surface area is 351 Å². The van der Waals surface area contributed by atoms with E-state index in [2.05, 4.69) is 10.0 Å². The van der Waals surface area contributed by atoms with E-state index in [1.54, 1.807) is 26.0 Å². The van der Waals surface area contributed by atoms with Gasteiger partial charge in [-0.25, -0.2) is 18.3 Å². The number of rotatable bonds is 10. The van der Waals surface area contributed by atoms with Crippen molar-refractivity contribution < 1.29 is 37.3 Å². The SMILES string of the molecule is COc1ccc(CN2CCCCC/C=C\[C@@H]3C[C@@]3(C(=O)NS(=O)(=O)C3(C)CC3)NC(=O)[C@@H]3C[C@@H](Oc4nc(-c5ccccc5)nc5c(C)c(OC)ccc45)CN3C2O)cc1. The molecule has 1 aromatic heterocycles. The van der Waals surface area contributed by atoms with Crippen molar-refractivity contribution in [2.45, 2.75) is 101 Å².